The first-order chi connectivity index (χ1) is 15.8. The Kier molecular flexibility index (Phi) is 7.88. The van der Waals surface area contributed by atoms with Crippen molar-refractivity contribution in [3.05, 3.63) is 53.2 Å². The molecule has 0 spiro atoms. The lowest BCUT2D eigenvalue weighted by Gasteiger charge is -2.21. The van der Waals surface area contributed by atoms with Crippen LogP contribution in [0.25, 0.3) is 16.7 Å². The standard InChI is InChI=1S/C23H31ClN8O/c1-6-31-17-9-8-16(15(3)30(5)11-10-26-4)12-18(17)32(7-2)20(31)14-28-23(33)21-22(25)27-13-19(24)29-21/h8-9,12-13,26H,3,6-7,10-11,14H2,1-2,4-5H3,(H2-,25,27,28,33)/p+1. The molecule has 3 aromatic rings. The second kappa shape index (κ2) is 10.6. The number of nitrogens with zero attached hydrogens (tertiary/aromatic N) is 5. The zero-order valence-electron chi connectivity index (χ0n) is 19.7. The number of imidazole rings is 1. The van der Waals surface area contributed by atoms with Gasteiger partial charge in [-0.15, -0.1) is 0 Å². The summed E-state index contributed by atoms with van der Waals surface area (Å²) in [6.07, 6.45) is 1.31. The third-order valence-electron chi connectivity index (χ3n) is 5.70. The van der Waals surface area contributed by atoms with Gasteiger partial charge in [0.25, 0.3) is 11.7 Å². The summed E-state index contributed by atoms with van der Waals surface area (Å²) < 4.78 is 4.40. The monoisotopic (exact) mass is 471 g/mol. The van der Waals surface area contributed by atoms with Crippen LogP contribution in [0.15, 0.2) is 31.0 Å². The van der Waals surface area contributed by atoms with Gasteiger partial charge >= 0.3 is 0 Å². The Bertz CT molecular complexity index is 1170. The molecule has 0 fully saturated rings. The molecule has 10 heteroatoms. The molecule has 2 heterocycles. The van der Waals surface area contributed by atoms with E-state index in [0.717, 1.165) is 54.3 Å². The summed E-state index contributed by atoms with van der Waals surface area (Å²) in [6, 6.07) is 6.37. The van der Waals surface area contributed by atoms with Crippen molar-refractivity contribution < 1.29 is 9.36 Å². The predicted molar refractivity (Wildman–Crippen MR) is 132 cm³/mol. The number of nitrogens with two attached hydrogens (primary N) is 1. The molecule has 3 rings (SSSR count). The minimum Gasteiger partial charge on any atom is -0.382 e. The fourth-order valence-electron chi connectivity index (χ4n) is 3.89. The van der Waals surface area contributed by atoms with Crippen LogP contribution >= 0.6 is 11.6 Å². The normalized spacial score (nSPS) is 11.1. The summed E-state index contributed by atoms with van der Waals surface area (Å²) in [6.45, 7) is 12.0. The summed E-state index contributed by atoms with van der Waals surface area (Å²) in [4.78, 5) is 22.8. The second-order valence-electron chi connectivity index (χ2n) is 7.69. The molecule has 0 aliphatic carbocycles. The first kappa shape index (κ1) is 24.5. The maximum absolute atomic E-state index is 12.7. The number of fused-ring (bicyclic) bond motifs is 1. The van der Waals surface area contributed by atoms with E-state index in [-0.39, 0.29) is 16.7 Å². The smallest absolute Gasteiger partial charge is 0.277 e. The van der Waals surface area contributed by atoms with Crippen LogP contribution in [0.5, 0.6) is 0 Å². The molecule has 4 N–H and O–H groups in total. The molecule has 9 nitrogen and oxygen atoms in total. The van der Waals surface area contributed by atoms with Crippen molar-refractivity contribution in [3.63, 3.8) is 0 Å². The fraction of sp³-hybridized carbons (Fsp3) is 0.391. The van der Waals surface area contributed by atoms with E-state index in [9.17, 15) is 4.79 Å². The van der Waals surface area contributed by atoms with Crippen molar-refractivity contribution in [1.82, 2.24) is 30.1 Å². The number of carbonyl (C=O) groups is 1. The van der Waals surface area contributed by atoms with Crippen LogP contribution in [-0.2, 0) is 19.6 Å². The maximum atomic E-state index is 12.7. The van der Waals surface area contributed by atoms with E-state index in [0.29, 0.717) is 6.54 Å². The zero-order chi connectivity index (χ0) is 24.1. The third kappa shape index (κ3) is 5.09. The van der Waals surface area contributed by atoms with Crippen molar-refractivity contribution in [3.8, 4) is 0 Å². The minimum atomic E-state index is -0.418. The molecular weight excluding hydrogens is 440 g/mol. The Labute approximate surface area is 199 Å². The third-order valence-corrected chi connectivity index (χ3v) is 5.88. The fourth-order valence-corrected chi connectivity index (χ4v) is 4.02. The van der Waals surface area contributed by atoms with Crippen LogP contribution < -0.4 is 20.9 Å². The van der Waals surface area contributed by atoms with Crippen LogP contribution in [0, 0.1) is 0 Å². The first-order valence-electron chi connectivity index (χ1n) is 11.0. The number of benzene rings is 1. The number of rotatable bonds is 10. The SMILES string of the molecule is C=C(c1ccc2c(c1)n(CC)c(CNC(=O)c1nc(Cl)cnc1N)[n+]2CC)N(C)CCNC. The summed E-state index contributed by atoms with van der Waals surface area (Å²) in [5.74, 6) is 0.600. The van der Waals surface area contributed by atoms with E-state index in [1.165, 1.54) is 6.20 Å². The number of aryl methyl sites for hydroxylation is 2. The van der Waals surface area contributed by atoms with Crippen LogP contribution in [0.3, 0.4) is 0 Å². The highest BCUT2D eigenvalue weighted by Crippen LogP contribution is 2.23. The number of aromatic nitrogens is 4. The van der Waals surface area contributed by atoms with E-state index >= 15 is 0 Å². The highest BCUT2D eigenvalue weighted by Gasteiger charge is 2.25. The largest absolute Gasteiger partial charge is 0.382 e. The number of amides is 1. The van der Waals surface area contributed by atoms with Gasteiger partial charge in [0.05, 0.1) is 19.3 Å². The molecule has 0 radical (unpaired) electrons. The van der Waals surface area contributed by atoms with E-state index in [4.69, 9.17) is 17.3 Å². The molecule has 0 bridgehead atoms. The van der Waals surface area contributed by atoms with Crippen LogP contribution in [-0.4, -0.2) is 52.5 Å². The second-order valence-corrected chi connectivity index (χ2v) is 8.08. The van der Waals surface area contributed by atoms with Gasteiger partial charge in [0.15, 0.2) is 22.5 Å². The molecule has 0 saturated carbocycles. The van der Waals surface area contributed by atoms with Gasteiger partial charge in [-0.1, -0.05) is 18.2 Å². The Morgan fingerprint density at radius 2 is 2.12 bits per heavy atom. The molecule has 0 unspecified atom stereocenters. The van der Waals surface area contributed by atoms with E-state index in [1.807, 2.05) is 14.1 Å². The predicted octanol–water partition coefficient (Wildman–Crippen LogP) is 2.05. The molecule has 2 aromatic heterocycles. The number of halogens is 1. The van der Waals surface area contributed by atoms with Gasteiger partial charge in [0, 0.05) is 31.4 Å². The van der Waals surface area contributed by atoms with Gasteiger partial charge in [-0.05, 0) is 39.1 Å². The number of hydrogen-bond acceptors (Lipinski definition) is 6. The van der Waals surface area contributed by atoms with Gasteiger partial charge in [-0.2, -0.15) is 0 Å². The van der Waals surface area contributed by atoms with Gasteiger partial charge in [-0.3, -0.25) is 4.79 Å². The highest BCUT2D eigenvalue weighted by molar-refractivity contribution is 6.29. The Morgan fingerprint density at radius 3 is 2.79 bits per heavy atom. The number of nitrogens with one attached hydrogen (secondary N) is 2. The lowest BCUT2D eigenvalue weighted by molar-refractivity contribution is -0.676. The van der Waals surface area contributed by atoms with Gasteiger partial charge in [0.2, 0.25) is 0 Å². The molecule has 0 saturated heterocycles. The summed E-state index contributed by atoms with van der Waals surface area (Å²) in [7, 11) is 3.98. The van der Waals surface area contributed by atoms with Crippen molar-refractivity contribution in [2.24, 2.45) is 0 Å². The number of anilines is 1. The Morgan fingerprint density at radius 1 is 1.36 bits per heavy atom. The summed E-state index contributed by atoms with van der Waals surface area (Å²) >= 11 is 5.89. The summed E-state index contributed by atoms with van der Waals surface area (Å²) in [5.41, 5.74) is 10.0. The van der Waals surface area contributed by atoms with Gasteiger partial charge in [-0.25, -0.2) is 19.1 Å². The molecule has 1 amide bonds. The van der Waals surface area contributed by atoms with Crippen molar-refractivity contribution in [2.75, 3.05) is 32.9 Å². The lowest BCUT2D eigenvalue weighted by Crippen LogP contribution is -2.40. The molecular formula is C23H32ClN8O+. The summed E-state index contributed by atoms with van der Waals surface area (Å²) in [5, 5.41) is 6.20. The first-order valence-corrected chi connectivity index (χ1v) is 11.4. The van der Waals surface area contributed by atoms with Crippen LogP contribution in [0.1, 0.15) is 35.7 Å². The van der Waals surface area contributed by atoms with Gasteiger partial charge in [0.1, 0.15) is 11.7 Å². The molecule has 33 heavy (non-hydrogen) atoms. The maximum Gasteiger partial charge on any atom is 0.277 e. The van der Waals surface area contributed by atoms with Crippen molar-refractivity contribution in [1.29, 1.82) is 0 Å². The van der Waals surface area contributed by atoms with Crippen molar-refractivity contribution in [2.45, 2.75) is 33.5 Å². The highest BCUT2D eigenvalue weighted by atomic mass is 35.5. The average Bonchev–Trinajstić information content (AvgIpc) is 3.13. The van der Waals surface area contributed by atoms with Gasteiger partial charge < -0.3 is 21.3 Å². The topological polar surface area (TPSA) is 105 Å². The molecule has 0 aliphatic heterocycles. The molecule has 1 aromatic carbocycles. The minimum absolute atomic E-state index is 0.0212. The Hall–Kier alpha value is -3.17. The van der Waals surface area contributed by atoms with Crippen LogP contribution in [0.4, 0.5) is 5.82 Å². The average molecular weight is 472 g/mol. The van der Waals surface area contributed by atoms with E-state index < -0.39 is 5.91 Å². The lowest BCUT2D eigenvalue weighted by atomic mass is 10.1. The van der Waals surface area contributed by atoms with E-state index in [1.54, 1.807) is 0 Å². The number of likely N-dealkylation sites (N-methyl/N-ethyl adjacent to an activating group) is 2. The molecule has 0 aliphatic rings. The number of carbonyl (C=O) groups excluding carboxylic acids is 1. The molecule has 0 atom stereocenters. The number of hydrogen-bond donors (Lipinski definition) is 3. The van der Waals surface area contributed by atoms with Crippen molar-refractivity contribution >= 4 is 40.1 Å². The van der Waals surface area contributed by atoms with Crippen LogP contribution in [0.2, 0.25) is 5.15 Å². The Balaban J connectivity index is 1.94. The van der Waals surface area contributed by atoms with E-state index in [2.05, 4.69) is 73.3 Å². The zero-order valence-corrected chi connectivity index (χ0v) is 20.4. The quantitative estimate of drug-likeness (QED) is 0.391. The molecule has 176 valence electrons. The number of nitrogen functional groups attached to an aromatic ring is 1.